The predicted octanol–water partition coefficient (Wildman–Crippen LogP) is 0.578. The molecule has 0 aromatic heterocycles. The highest BCUT2D eigenvalue weighted by Crippen LogP contribution is 2.35. The molecule has 0 saturated carbocycles. The summed E-state index contributed by atoms with van der Waals surface area (Å²) >= 11 is 0. The number of anilines is 4. The van der Waals surface area contributed by atoms with Crippen molar-refractivity contribution in [2.45, 2.75) is 12.5 Å². The van der Waals surface area contributed by atoms with E-state index in [2.05, 4.69) is 0 Å². The summed E-state index contributed by atoms with van der Waals surface area (Å²) in [6.45, 7) is -0.347. The zero-order chi connectivity index (χ0) is 15.6. The maximum absolute atomic E-state index is 9.70. The van der Waals surface area contributed by atoms with Crippen molar-refractivity contribution in [3.63, 3.8) is 0 Å². The van der Waals surface area contributed by atoms with E-state index in [4.69, 9.17) is 28.0 Å². The highest BCUT2D eigenvalue weighted by atomic mass is 16.3. The molecule has 0 fully saturated rings. The van der Waals surface area contributed by atoms with Crippen molar-refractivity contribution >= 4 is 22.7 Å². The van der Waals surface area contributed by atoms with Gasteiger partial charge >= 0.3 is 0 Å². The van der Waals surface area contributed by atoms with Crippen molar-refractivity contribution in [3.8, 4) is 11.1 Å². The molecule has 0 aliphatic heterocycles. The van der Waals surface area contributed by atoms with Crippen molar-refractivity contribution in [1.29, 1.82) is 0 Å². The van der Waals surface area contributed by atoms with Crippen LogP contribution in [0.1, 0.15) is 5.56 Å². The Morgan fingerprint density at radius 2 is 1.52 bits per heavy atom. The van der Waals surface area contributed by atoms with Gasteiger partial charge in [0.15, 0.2) is 0 Å². The smallest absolute Gasteiger partial charge is 0.0812 e. The molecule has 21 heavy (non-hydrogen) atoms. The fourth-order valence-electron chi connectivity index (χ4n) is 2.31. The highest BCUT2D eigenvalue weighted by Gasteiger charge is 2.15. The van der Waals surface area contributed by atoms with Crippen LogP contribution in [0.2, 0.25) is 0 Å². The van der Waals surface area contributed by atoms with E-state index in [1.54, 1.807) is 30.3 Å². The summed E-state index contributed by atoms with van der Waals surface area (Å²) in [5.74, 6) is 0. The van der Waals surface area contributed by atoms with Gasteiger partial charge in [0, 0.05) is 34.7 Å². The first-order chi connectivity index (χ1) is 9.92. The van der Waals surface area contributed by atoms with Crippen molar-refractivity contribution in [1.82, 2.24) is 0 Å². The molecule has 0 radical (unpaired) electrons. The molecule has 2 aromatic carbocycles. The molecule has 6 heteroatoms. The van der Waals surface area contributed by atoms with Gasteiger partial charge in [-0.25, -0.2) is 0 Å². The Labute approximate surface area is 123 Å². The first-order valence-corrected chi connectivity index (χ1v) is 6.54. The van der Waals surface area contributed by atoms with E-state index in [1.165, 1.54) is 0 Å². The van der Waals surface area contributed by atoms with E-state index in [0.29, 0.717) is 28.3 Å². The zero-order valence-electron chi connectivity index (χ0n) is 11.6. The molecule has 0 aliphatic rings. The van der Waals surface area contributed by atoms with Crippen molar-refractivity contribution in [2.75, 3.05) is 29.5 Å². The van der Waals surface area contributed by atoms with E-state index in [0.717, 1.165) is 11.1 Å². The van der Waals surface area contributed by atoms with Crippen molar-refractivity contribution in [3.05, 3.63) is 35.9 Å². The Balaban J connectivity index is 2.60. The minimum Gasteiger partial charge on any atom is -0.399 e. The number of aliphatic hydroxyl groups excluding tert-OH is 2. The predicted molar refractivity (Wildman–Crippen MR) is 86.3 cm³/mol. The fraction of sp³-hybridized carbons (Fsp3) is 0.200. The minimum atomic E-state index is -0.898. The van der Waals surface area contributed by atoms with Crippen LogP contribution in [0, 0.1) is 0 Å². The second-order valence-electron chi connectivity index (χ2n) is 5.02. The summed E-state index contributed by atoms with van der Waals surface area (Å²) in [6, 6.07) is 8.54. The van der Waals surface area contributed by atoms with Crippen LogP contribution in [0.25, 0.3) is 11.1 Å². The lowest BCUT2D eigenvalue weighted by atomic mass is 9.92. The number of hydrogen-bond acceptors (Lipinski definition) is 6. The third kappa shape index (κ3) is 3.18. The Morgan fingerprint density at radius 1 is 0.857 bits per heavy atom. The molecule has 112 valence electrons. The lowest BCUT2D eigenvalue weighted by molar-refractivity contribution is 0.0957. The molecule has 2 aromatic rings. The summed E-state index contributed by atoms with van der Waals surface area (Å²) in [4.78, 5) is 0. The number of nitrogens with two attached hydrogens (primary N) is 4. The van der Waals surface area contributed by atoms with E-state index in [9.17, 15) is 5.11 Å². The molecule has 0 heterocycles. The summed E-state index contributed by atoms with van der Waals surface area (Å²) < 4.78 is 0. The monoisotopic (exact) mass is 288 g/mol. The Bertz CT molecular complexity index is 658. The lowest BCUT2D eigenvalue weighted by Gasteiger charge is -2.17. The van der Waals surface area contributed by atoms with Crippen LogP contribution in [-0.2, 0) is 6.42 Å². The van der Waals surface area contributed by atoms with Crippen LogP contribution in [0.15, 0.2) is 30.3 Å². The number of aliphatic hydroxyl groups is 2. The Hall–Kier alpha value is -2.44. The third-order valence-electron chi connectivity index (χ3n) is 3.32. The SMILES string of the molecule is Nc1ccc(-c2cc(N)cc(N)c2CC(O)CO)c(N)c1. The molecule has 10 N–H and O–H groups in total. The number of rotatable bonds is 4. The topological polar surface area (TPSA) is 145 Å². The zero-order valence-corrected chi connectivity index (χ0v) is 11.6. The van der Waals surface area contributed by atoms with E-state index >= 15 is 0 Å². The molecule has 0 saturated heterocycles. The van der Waals surface area contributed by atoms with Gasteiger partial charge in [-0.15, -0.1) is 0 Å². The number of hydrogen-bond donors (Lipinski definition) is 6. The van der Waals surface area contributed by atoms with Gasteiger partial charge < -0.3 is 33.1 Å². The third-order valence-corrected chi connectivity index (χ3v) is 3.32. The molecule has 0 bridgehead atoms. The van der Waals surface area contributed by atoms with Gasteiger partial charge in [-0.2, -0.15) is 0 Å². The van der Waals surface area contributed by atoms with Gasteiger partial charge in [0.25, 0.3) is 0 Å². The van der Waals surface area contributed by atoms with Gasteiger partial charge in [-0.05, 0) is 35.4 Å². The summed E-state index contributed by atoms with van der Waals surface area (Å²) in [5.41, 5.74) is 27.8. The Kier molecular flexibility index (Phi) is 4.21. The number of benzene rings is 2. The molecule has 0 spiro atoms. The first-order valence-electron chi connectivity index (χ1n) is 6.54. The van der Waals surface area contributed by atoms with Crippen molar-refractivity contribution in [2.24, 2.45) is 0 Å². The van der Waals surface area contributed by atoms with Gasteiger partial charge in [0.2, 0.25) is 0 Å². The minimum absolute atomic E-state index is 0.210. The molecular formula is C15H20N4O2. The van der Waals surface area contributed by atoms with Crippen LogP contribution in [0.5, 0.6) is 0 Å². The second kappa shape index (κ2) is 5.90. The molecule has 0 aliphatic carbocycles. The van der Waals surface area contributed by atoms with Crippen LogP contribution in [-0.4, -0.2) is 22.9 Å². The van der Waals surface area contributed by atoms with Crippen molar-refractivity contribution < 1.29 is 10.2 Å². The quantitative estimate of drug-likeness (QED) is 0.454. The van der Waals surface area contributed by atoms with Gasteiger partial charge in [0.05, 0.1) is 12.7 Å². The van der Waals surface area contributed by atoms with Crippen LogP contribution >= 0.6 is 0 Å². The summed E-state index contributed by atoms with van der Waals surface area (Å²) in [5, 5.41) is 18.7. The van der Waals surface area contributed by atoms with Crippen LogP contribution < -0.4 is 22.9 Å². The van der Waals surface area contributed by atoms with Gasteiger partial charge in [-0.1, -0.05) is 6.07 Å². The molecule has 1 unspecified atom stereocenters. The fourth-order valence-corrected chi connectivity index (χ4v) is 2.31. The van der Waals surface area contributed by atoms with E-state index in [-0.39, 0.29) is 13.0 Å². The Morgan fingerprint density at radius 3 is 2.14 bits per heavy atom. The number of nitrogen functional groups attached to an aromatic ring is 4. The average Bonchev–Trinajstić information content (AvgIpc) is 2.41. The normalized spacial score (nSPS) is 12.3. The highest BCUT2D eigenvalue weighted by molar-refractivity contribution is 5.85. The van der Waals surface area contributed by atoms with Gasteiger partial charge in [0.1, 0.15) is 0 Å². The maximum atomic E-state index is 9.70. The molecular weight excluding hydrogens is 268 g/mol. The van der Waals surface area contributed by atoms with E-state index < -0.39 is 6.10 Å². The lowest BCUT2D eigenvalue weighted by Crippen LogP contribution is -2.17. The molecule has 0 amide bonds. The molecule has 6 nitrogen and oxygen atoms in total. The first kappa shape index (κ1) is 15.0. The van der Waals surface area contributed by atoms with Gasteiger partial charge in [-0.3, -0.25) is 0 Å². The summed E-state index contributed by atoms with van der Waals surface area (Å²) in [7, 11) is 0. The maximum Gasteiger partial charge on any atom is 0.0812 e. The van der Waals surface area contributed by atoms with Crippen LogP contribution in [0.4, 0.5) is 22.7 Å². The van der Waals surface area contributed by atoms with E-state index in [1.807, 2.05) is 0 Å². The van der Waals surface area contributed by atoms with Crippen LogP contribution in [0.3, 0.4) is 0 Å². The molecule has 1 atom stereocenters. The second-order valence-corrected chi connectivity index (χ2v) is 5.02. The standard InChI is InChI=1S/C15H20N4O2/c16-8-1-2-11(14(18)4-8)12-3-9(17)5-15(19)13(12)6-10(21)7-20/h1-5,10,20-21H,6-7,16-19H2. The summed E-state index contributed by atoms with van der Waals surface area (Å²) in [6.07, 6.45) is -0.688. The molecule has 2 rings (SSSR count). The largest absolute Gasteiger partial charge is 0.399 e. The average molecular weight is 288 g/mol.